The molecule has 0 radical (unpaired) electrons. The van der Waals surface area contributed by atoms with Gasteiger partial charge in [0.05, 0.1) is 19.3 Å². The van der Waals surface area contributed by atoms with Gasteiger partial charge in [-0.15, -0.1) is 24.0 Å². The van der Waals surface area contributed by atoms with E-state index in [2.05, 4.69) is 22.5 Å². The Morgan fingerprint density at radius 3 is 2.67 bits per heavy atom. The van der Waals surface area contributed by atoms with Crippen LogP contribution in [-0.2, 0) is 11.3 Å². The molecule has 7 heteroatoms. The minimum Gasteiger partial charge on any atom is -0.495 e. The molecular formula is C17H29IN4O2. The predicted molar refractivity (Wildman–Crippen MR) is 110 cm³/mol. The normalized spacial score (nSPS) is 10.7. The standard InChI is InChI=1S/C17H28N4O2.HI/c1-4-5-6-7-10-19-17(18)20-12-14-8-9-16(23-3)15(11-14)21-13(2)22;/h8-9,11H,4-7,10,12H2,1-3H3,(H,21,22)(H3,18,19,20);1H. The lowest BCUT2D eigenvalue weighted by molar-refractivity contribution is -0.114. The van der Waals surface area contributed by atoms with Crippen LogP contribution in [0.1, 0.15) is 45.1 Å². The van der Waals surface area contributed by atoms with Crippen LogP contribution in [0.2, 0.25) is 0 Å². The maximum absolute atomic E-state index is 11.2. The van der Waals surface area contributed by atoms with Gasteiger partial charge in [0.2, 0.25) is 5.91 Å². The first kappa shape index (κ1) is 22.5. The summed E-state index contributed by atoms with van der Waals surface area (Å²) in [5, 5.41) is 5.86. The van der Waals surface area contributed by atoms with Crippen LogP contribution in [0.4, 0.5) is 5.69 Å². The van der Waals surface area contributed by atoms with E-state index < -0.39 is 0 Å². The lowest BCUT2D eigenvalue weighted by Gasteiger charge is -2.10. The molecule has 0 spiro atoms. The zero-order chi connectivity index (χ0) is 17.1. The third kappa shape index (κ3) is 8.95. The van der Waals surface area contributed by atoms with Crippen molar-refractivity contribution < 1.29 is 9.53 Å². The van der Waals surface area contributed by atoms with E-state index in [0.29, 0.717) is 23.9 Å². The Hall–Kier alpha value is -1.51. The van der Waals surface area contributed by atoms with Gasteiger partial charge in [-0.25, -0.2) is 4.99 Å². The second-order valence-electron chi connectivity index (χ2n) is 5.40. The van der Waals surface area contributed by atoms with E-state index in [9.17, 15) is 4.79 Å². The third-order valence-electron chi connectivity index (χ3n) is 3.34. The number of ether oxygens (including phenoxy) is 1. The van der Waals surface area contributed by atoms with E-state index in [1.165, 1.54) is 26.2 Å². The molecule has 0 aliphatic carbocycles. The maximum atomic E-state index is 11.2. The number of rotatable bonds is 9. The molecule has 1 amide bonds. The highest BCUT2D eigenvalue weighted by molar-refractivity contribution is 14.0. The first-order valence-electron chi connectivity index (χ1n) is 8.05. The van der Waals surface area contributed by atoms with Crippen LogP contribution in [0.25, 0.3) is 0 Å². The number of amides is 1. The molecule has 1 aromatic carbocycles. The molecule has 0 aliphatic heterocycles. The van der Waals surface area contributed by atoms with Gasteiger partial charge in [-0.1, -0.05) is 32.3 Å². The van der Waals surface area contributed by atoms with Crippen molar-refractivity contribution in [2.24, 2.45) is 10.7 Å². The molecule has 24 heavy (non-hydrogen) atoms. The first-order chi connectivity index (χ1) is 11.1. The van der Waals surface area contributed by atoms with Gasteiger partial charge in [-0.2, -0.15) is 0 Å². The minimum atomic E-state index is -0.141. The molecule has 1 rings (SSSR count). The molecule has 0 unspecified atom stereocenters. The lowest BCUT2D eigenvalue weighted by Crippen LogP contribution is -2.32. The monoisotopic (exact) mass is 448 g/mol. The smallest absolute Gasteiger partial charge is 0.221 e. The summed E-state index contributed by atoms with van der Waals surface area (Å²) in [5.41, 5.74) is 7.44. The Labute approximate surface area is 161 Å². The highest BCUT2D eigenvalue weighted by atomic mass is 127. The fraction of sp³-hybridized carbons (Fsp3) is 0.529. The third-order valence-corrected chi connectivity index (χ3v) is 3.34. The van der Waals surface area contributed by atoms with Crippen molar-refractivity contribution in [2.45, 2.75) is 46.1 Å². The number of hydrogen-bond acceptors (Lipinski definition) is 3. The van der Waals surface area contributed by atoms with Crippen molar-refractivity contribution in [1.29, 1.82) is 0 Å². The van der Waals surface area contributed by atoms with Gasteiger partial charge >= 0.3 is 0 Å². The number of guanidine groups is 1. The van der Waals surface area contributed by atoms with Crippen molar-refractivity contribution in [3.05, 3.63) is 23.8 Å². The van der Waals surface area contributed by atoms with Gasteiger partial charge < -0.3 is 21.1 Å². The Morgan fingerprint density at radius 1 is 1.29 bits per heavy atom. The number of nitrogens with zero attached hydrogens (tertiary/aromatic N) is 1. The molecular weight excluding hydrogens is 419 g/mol. The van der Waals surface area contributed by atoms with Crippen LogP contribution in [0.15, 0.2) is 23.2 Å². The Kier molecular flexibility index (Phi) is 12.0. The van der Waals surface area contributed by atoms with E-state index in [1.54, 1.807) is 7.11 Å². The molecule has 0 heterocycles. The van der Waals surface area contributed by atoms with Crippen LogP contribution in [0.3, 0.4) is 0 Å². The predicted octanol–water partition coefficient (Wildman–Crippen LogP) is 3.26. The van der Waals surface area contributed by atoms with Gasteiger partial charge in [0.1, 0.15) is 5.75 Å². The number of carbonyl (C=O) groups is 1. The minimum absolute atomic E-state index is 0. The zero-order valence-electron chi connectivity index (χ0n) is 14.7. The summed E-state index contributed by atoms with van der Waals surface area (Å²) < 4.78 is 5.22. The number of aliphatic imine (C=N–C) groups is 1. The first-order valence-corrected chi connectivity index (χ1v) is 8.05. The Bertz CT molecular complexity index is 535. The fourth-order valence-electron chi connectivity index (χ4n) is 2.14. The number of halogens is 1. The van der Waals surface area contributed by atoms with Crippen LogP contribution in [0, 0.1) is 0 Å². The number of unbranched alkanes of at least 4 members (excludes halogenated alkanes) is 3. The summed E-state index contributed by atoms with van der Waals surface area (Å²) in [7, 11) is 1.57. The summed E-state index contributed by atoms with van der Waals surface area (Å²) in [6, 6.07) is 5.56. The number of methoxy groups -OCH3 is 1. The fourth-order valence-corrected chi connectivity index (χ4v) is 2.14. The van der Waals surface area contributed by atoms with E-state index >= 15 is 0 Å². The number of hydrogen-bond donors (Lipinski definition) is 3. The molecule has 4 N–H and O–H groups in total. The average Bonchev–Trinajstić information content (AvgIpc) is 2.52. The number of carbonyl (C=O) groups excluding carboxylic acids is 1. The second-order valence-corrected chi connectivity index (χ2v) is 5.40. The Morgan fingerprint density at radius 2 is 2.04 bits per heavy atom. The van der Waals surface area contributed by atoms with Gasteiger partial charge in [-0.05, 0) is 24.1 Å². The van der Waals surface area contributed by atoms with Crippen molar-refractivity contribution in [1.82, 2.24) is 5.32 Å². The highest BCUT2D eigenvalue weighted by Gasteiger charge is 2.06. The van der Waals surface area contributed by atoms with Crippen LogP contribution in [-0.4, -0.2) is 25.5 Å². The zero-order valence-corrected chi connectivity index (χ0v) is 17.1. The number of anilines is 1. The quantitative estimate of drug-likeness (QED) is 0.234. The molecule has 0 saturated carbocycles. The Balaban J connectivity index is 0.00000529. The molecule has 6 nitrogen and oxygen atoms in total. The van der Waals surface area contributed by atoms with Gasteiger partial charge in [-0.3, -0.25) is 4.79 Å². The molecule has 0 atom stereocenters. The van der Waals surface area contributed by atoms with E-state index in [1.807, 2.05) is 18.2 Å². The van der Waals surface area contributed by atoms with E-state index in [0.717, 1.165) is 18.5 Å². The maximum Gasteiger partial charge on any atom is 0.221 e. The average molecular weight is 448 g/mol. The number of nitrogens with one attached hydrogen (secondary N) is 2. The van der Waals surface area contributed by atoms with E-state index in [4.69, 9.17) is 10.5 Å². The molecule has 1 aromatic rings. The summed E-state index contributed by atoms with van der Waals surface area (Å²) >= 11 is 0. The highest BCUT2D eigenvalue weighted by Crippen LogP contribution is 2.25. The van der Waals surface area contributed by atoms with E-state index in [-0.39, 0.29) is 29.9 Å². The second kappa shape index (κ2) is 12.9. The van der Waals surface area contributed by atoms with Crippen molar-refractivity contribution in [3.8, 4) is 5.75 Å². The molecule has 0 aliphatic rings. The molecule has 0 bridgehead atoms. The summed E-state index contributed by atoms with van der Waals surface area (Å²) in [6.45, 7) is 4.94. The molecule has 0 aromatic heterocycles. The number of nitrogens with two attached hydrogens (primary N) is 1. The summed E-state index contributed by atoms with van der Waals surface area (Å²) in [6.07, 6.45) is 4.77. The SMILES string of the molecule is CCCCCCNC(N)=NCc1ccc(OC)c(NC(C)=O)c1.I. The van der Waals surface area contributed by atoms with Crippen LogP contribution < -0.4 is 21.1 Å². The van der Waals surface area contributed by atoms with Crippen LogP contribution in [0.5, 0.6) is 5.75 Å². The summed E-state index contributed by atoms with van der Waals surface area (Å²) in [4.78, 5) is 15.5. The van der Waals surface area contributed by atoms with Crippen molar-refractivity contribution in [3.63, 3.8) is 0 Å². The lowest BCUT2D eigenvalue weighted by atomic mass is 10.2. The molecule has 0 saturated heterocycles. The molecule has 136 valence electrons. The van der Waals surface area contributed by atoms with Crippen molar-refractivity contribution >= 4 is 41.5 Å². The van der Waals surface area contributed by atoms with Crippen LogP contribution >= 0.6 is 24.0 Å². The summed E-state index contributed by atoms with van der Waals surface area (Å²) in [5.74, 6) is 0.922. The molecule has 0 fully saturated rings. The van der Waals surface area contributed by atoms with Gasteiger partial charge in [0.25, 0.3) is 0 Å². The van der Waals surface area contributed by atoms with Crippen molar-refractivity contribution in [2.75, 3.05) is 19.0 Å². The van der Waals surface area contributed by atoms with Gasteiger partial charge in [0, 0.05) is 13.5 Å². The largest absolute Gasteiger partial charge is 0.495 e. The van der Waals surface area contributed by atoms with Gasteiger partial charge in [0.15, 0.2) is 5.96 Å². The number of benzene rings is 1. The topological polar surface area (TPSA) is 88.7 Å².